The Hall–Kier alpha value is -3.54. The van der Waals surface area contributed by atoms with Gasteiger partial charge < -0.3 is 14.5 Å². The van der Waals surface area contributed by atoms with Crippen LogP contribution in [0.25, 0.3) is 11.0 Å². The molecule has 0 aliphatic carbocycles. The Balaban J connectivity index is 1.59. The van der Waals surface area contributed by atoms with Crippen molar-refractivity contribution in [1.82, 2.24) is 9.78 Å². The van der Waals surface area contributed by atoms with E-state index in [4.69, 9.17) is 9.15 Å². The first-order chi connectivity index (χ1) is 13.6. The van der Waals surface area contributed by atoms with Crippen molar-refractivity contribution in [3.05, 3.63) is 77.7 Å². The third kappa shape index (κ3) is 3.62. The van der Waals surface area contributed by atoms with Gasteiger partial charge in [-0.3, -0.25) is 4.79 Å². The van der Waals surface area contributed by atoms with Gasteiger partial charge in [0.1, 0.15) is 5.82 Å². The summed E-state index contributed by atoms with van der Waals surface area (Å²) in [5, 5.41) is 8.22. The van der Waals surface area contributed by atoms with Crippen molar-refractivity contribution in [1.29, 1.82) is 0 Å². The maximum atomic E-state index is 12.8. The van der Waals surface area contributed by atoms with Crippen LogP contribution in [0.4, 0.5) is 5.82 Å². The molecule has 6 heteroatoms. The number of ether oxygens (including phenoxy) is 1. The summed E-state index contributed by atoms with van der Waals surface area (Å²) < 4.78 is 13.1. The van der Waals surface area contributed by atoms with E-state index in [2.05, 4.69) is 10.4 Å². The van der Waals surface area contributed by atoms with Gasteiger partial charge in [-0.2, -0.15) is 5.10 Å². The molecule has 2 aromatic heterocycles. The second kappa shape index (κ2) is 7.60. The molecule has 0 aliphatic rings. The minimum Gasteiger partial charge on any atom is -0.490 e. The van der Waals surface area contributed by atoms with Crippen LogP contribution < -0.4 is 10.1 Å². The summed E-state index contributed by atoms with van der Waals surface area (Å²) in [5.74, 6) is 1.15. The molecule has 0 saturated carbocycles. The fraction of sp³-hybridized carbons (Fsp3) is 0.182. The number of anilines is 1. The molecule has 4 rings (SSSR count). The molecule has 1 amide bonds. The average Bonchev–Trinajstić information content (AvgIpc) is 3.27. The fourth-order valence-electron chi connectivity index (χ4n) is 3.12. The molecule has 28 heavy (non-hydrogen) atoms. The quantitative estimate of drug-likeness (QED) is 0.533. The van der Waals surface area contributed by atoms with Gasteiger partial charge in [0.05, 0.1) is 18.8 Å². The number of nitrogens with one attached hydrogen (secondary N) is 1. The molecule has 0 radical (unpaired) electrons. The van der Waals surface area contributed by atoms with Gasteiger partial charge in [0.15, 0.2) is 17.1 Å². The number of hydrogen-bond acceptors (Lipinski definition) is 4. The molecule has 4 aromatic rings. The molecule has 0 unspecified atom stereocenters. The van der Waals surface area contributed by atoms with Crippen molar-refractivity contribution >= 4 is 22.7 Å². The van der Waals surface area contributed by atoms with Gasteiger partial charge in [-0.25, -0.2) is 4.68 Å². The van der Waals surface area contributed by atoms with Gasteiger partial charge in [0.2, 0.25) is 0 Å². The van der Waals surface area contributed by atoms with Gasteiger partial charge >= 0.3 is 0 Å². The average molecular weight is 375 g/mol. The summed E-state index contributed by atoms with van der Waals surface area (Å²) in [6.45, 7) is 4.90. The van der Waals surface area contributed by atoms with Crippen molar-refractivity contribution < 1.29 is 13.9 Å². The second-order valence-electron chi connectivity index (χ2n) is 6.49. The van der Waals surface area contributed by atoms with Crippen LogP contribution in [0.2, 0.25) is 0 Å². The largest absolute Gasteiger partial charge is 0.490 e. The minimum absolute atomic E-state index is 0.229. The molecule has 0 bridgehead atoms. The van der Waals surface area contributed by atoms with Gasteiger partial charge in [-0.05, 0) is 31.5 Å². The lowest BCUT2D eigenvalue weighted by Gasteiger charge is -2.08. The zero-order chi connectivity index (χ0) is 19.5. The zero-order valence-corrected chi connectivity index (χ0v) is 15.8. The van der Waals surface area contributed by atoms with Crippen LogP contribution in [0, 0.1) is 6.92 Å². The zero-order valence-electron chi connectivity index (χ0n) is 15.8. The van der Waals surface area contributed by atoms with Crippen molar-refractivity contribution in [2.75, 3.05) is 11.9 Å². The first-order valence-electron chi connectivity index (χ1n) is 9.19. The Morgan fingerprint density at radius 3 is 2.75 bits per heavy atom. The van der Waals surface area contributed by atoms with E-state index in [1.165, 1.54) is 0 Å². The summed E-state index contributed by atoms with van der Waals surface area (Å²) in [7, 11) is 0. The summed E-state index contributed by atoms with van der Waals surface area (Å²) in [4.78, 5) is 12.8. The summed E-state index contributed by atoms with van der Waals surface area (Å²) in [5.41, 5.74) is 2.50. The van der Waals surface area contributed by atoms with Gasteiger partial charge in [0, 0.05) is 11.5 Å². The lowest BCUT2D eigenvalue weighted by Crippen LogP contribution is -2.15. The lowest BCUT2D eigenvalue weighted by atomic mass is 10.2. The van der Waals surface area contributed by atoms with Crippen LogP contribution in [0.3, 0.4) is 0 Å². The highest BCUT2D eigenvalue weighted by Gasteiger charge is 2.17. The Morgan fingerprint density at radius 2 is 1.96 bits per heavy atom. The highest BCUT2D eigenvalue weighted by molar-refractivity contribution is 6.04. The predicted molar refractivity (Wildman–Crippen MR) is 108 cm³/mol. The Labute approximate surface area is 162 Å². The molecule has 0 spiro atoms. The first-order valence-corrected chi connectivity index (χ1v) is 9.19. The molecular formula is C22H21N3O3. The van der Waals surface area contributed by atoms with Gasteiger partial charge in [-0.15, -0.1) is 0 Å². The van der Waals surface area contributed by atoms with E-state index in [0.29, 0.717) is 30.3 Å². The van der Waals surface area contributed by atoms with E-state index >= 15 is 0 Å². The number of fused-ring (bicyclic) bond motifs is 1. The summed E-state index contributed by atoms with van der Waals surface area (Å²) in [6, 6.07) is 19.1. The molecular weight excluding hydrogens is 354 g/mol. The first kappa shape index (κ1) is 17.9. The highest BCUT2D eigenvalue weighted by atomic mass is 16.5. The second-order valence-corrected chi connectivity index (χ2v) is 6.49. The lowest BCUT2D eigenvalue weighted by molar-refractivity contribution is 0.0997. The number of hydrogen-bond donors (Lipinski definition) is 1. The summed E-state index contributed by atoms with van der Waals surface area (Å²) in [6.07, 6.45) is 0. The topological polar surface area (TPSA) is 69.3 Å². The number of aromatic nitrogens is 2. The van der Waals surface area contributed by atoms with Crippen molar-refractivity contribution in [3.63, 3.8) is 0 Å². The maximum absolute atomic E-state index is 12.8. The Bertz CT molecular complexity index is 1110. The number of nitrogens with zero attached hydrogens (tertiary/aromatic N) is 2. The van der Waals surface area contributed by atoms with E-state index in [1.807, 2.05) is 68.4 Å². The normalized spacial score (nSPS) is 10.9. The number of furan rings is 1. The predicted octanol–water partition coefficient (Wildman–Crippen LogP) is 4.64. The van der Waals surface area contributed by atoms with Crippen LogP contribution in [-0.2, 0) is 6.54 Å². The molecule has 2 aromatic carbocycles. The third-order valence-corrected chi connectivity index (χ3v) is 4.35. The number of carbonyl (C=O) groups is 1. The smallest absolute Gasteiger partial charge is 0.292 e. The fourth-order valence-corrected chi connectivity index (χ4v) is 3.12. The third-order valence-electron chi connectivity index (χ3n) is 4.35. The molecule has 0 saturated heterocycles. The van der Waals surface area contributed by atoms with E-state index in [0.717, 1.165) is 16.6 Å². The van der Waals surface area contributed by atoms with Crippen LogP contribution in [0.1, 0.15) is 28.7 Å². The van der Waals surface area contributed by atoms with E-state index in [-0.39, 0.29) is 11.7 Å². The number of carbonyl (C=O) groups excluding carboxylic acids is 1. The number of aryl methyl sites for hydroxylation is 1. The van der Waals surface area contributed by atoms with Crippen molar-refractivity contribution in [2.24, 2.45) is 0 Å². The Kier molecular flexibility index (Phi) is 4.85. The van der Waals surface area contributed by atoms with E-state index in [1.54, 1.807) is 10.7 Å². The maximum Gasteiger partial charge on any atom is 0.292 e. The van der Waals surface area contributed by atoms with Crippen LogP contribution in [0.15, 0.2) is 65.1 Å². The highest BCUT2D eigenvalue weighted by Crippen LogP contribution is 2.29. The molecule has 2 heterocycles. The number of benzene rings is 2. The molecule has 0 atom stereocenters. The molecule has 6 nitrogen and oxygen atoms in total. The minimum atomic E-state index is -0.326. The van der Waals surface area contributed by atoms with Crippen LogP contribution >= 0.6 is 0 Å². The van der Waals surface area contributed by atoms with Crippen LogP contribution in [-0.4, -0.2) is 22.3 Å². The molecule has 1 N–H and O–H groups in total. The number of amides is 1. The SMILES string of the molecule is CCOc1cccc2cc(C(=O)Nc3cc(C)nn3Cc3ccccc3)oc12. The van der Waals surface area contributed by atoms with E-state index in [9.17, 15) is 4.79 Å². The van der Waals surface area contributed by atoms with E-state index < -0.39 is 0 Å². The number of para-hydroxylation sites is 1. The van der Waals surface area contributed by atoms with Gasteiger partial charge in [-0.1, -0.05) is 42.5 Å². The van der Waals surface area contributed by atoms with Crippen LogP contribution in [0.5, 0.6) is 5.75 Å². The standard InChI is InChI=1S/C22H21N3O3/c1-3-27-18-11-7-10-17-13-19(28-21(17)18)22(26)23-20-12-15(2)24-25(20)14-16-8-5-4-6-9-16/h4-13H,3,14H2,1-2H3,(H,23,26). The van der Waals surface area contributed by atoms with Crippen molar-refractivity contribution in [3.8, 4) is 5.75 Å². The molecule has 0 fully saturated rings. The monoisotopic (exact) mass is 375 g/mol. The van der Waals surface area contributed by atoms with Crippen molar-refractivity contribution in [2.45, 2.75) is 20.4 Å². The molecule has 0 aliphatic heterocycles. The molecule has 142 valence electrons. The summed E-state index contributed by atoms with van der Waals surface area (Å²) >= 11 is 0. The number of rotatable bonds is 6. The van der Waals surface area contributed by atoms with Gasteiger partial charge in [0.25, 0.3) is 5.91 Å². The Morgan fingerprint density at radius 1 is 1.14 bits per heavy atom.